The zero-order valence-electron chi connectivity index (χ0n) is 9.92. The van der Waals surface area contributed by atoms with Gasteiger partial charge < -0.3 is 0 Å². The number of rotatable bonds is 3. The van der Waals surface area contributed by atoms with Crippen LogP contribution in [0.5, 0.6) is 0 Å². The molecule has 0 unspecified atom stereocenters. The minimum absolute atomic E-state index is 0.0143. The van der Waals surface area contributed by atoms with E-state index in [1.54, 1.807) is 6.92 Å². The summed E-state index contributed by atoms with van der Waals surface area (Å²) >= 11 is 0. The van der Waals surface area contributed by atoms with E-state index in [9.17, 15) is 17.6 Å². The van der Waals surface area contributed by atoms with Gasteiger partial charge in [0.15, 0.2) is 0 Å². The molecule has 0 spiro atoms. The summed E-state index contributed by atoms with van der Waals surface area (Å²) in [5.41, 5.74) is 2.67. The lowest BCUT2D eigenvalue weighted by Crippen LogP contribution is -2.54. The van der Waals surface area contributed by atoms with E-state index in [-0.39, 0.29) is 11.4 Å². The number of hydrogen-bond acceptors (Lipinski definition) is 4. The van der Waals surface area contributed by atoms with E-state index in [0.717, 1.165) is 17.1 Å². The van der Waals surface area contributed by atoms with Crippen LogP contribution in [0, 0.1) is 5.82 Å². The van der Waals surface area contributed by atoms with Crippen molar-refractivity contribution in [3.8, 4) is 0 Å². The summed E-state index contributed by atoms with van der Waals surface area (Å²) in [5, 5.41) is 4.51. The van der Waals surface area contributed by atoms with Gasteiger partial charge in [-0.15, -0.1) is 4.83 Å². The Hall–Kier alpha value is -2.00. The van der Waals surface area contributed by atoms with Gasteiger partial charge in [0, 0.05) is 0 Å². The van der Waals surface area contributed by atoms with E-state index in [0.29, 0.717) is 5.71 Å². The Bertz CT molecular complexity index is 644. The highest BCUT2D eigenvalue weighted by Crippen LogP contribution is 2.11. The van der Waals surface area contributed by atoms with Crippen molar-refractivity contribution in [1.82, 2.24) is 15.3 Å². The van der Waals surface area contributed by atoms with E-state index in [1.165, 1.54) is 12.1 Å². The SMILES string of the molecule is CC1=NNC(=O)N(NS(=O)(=O)c2cccc(F)c2)C1. The van der Waals surface area contributed by atoms with Crippen LogP contribution in [0.2, 0.25) is 0 Å². The number of carbonyl (C=O) groups is 1. The molecule has 0 atom stereocenters. The van der Waals surface area contributed by atoms with Gasteiger partial charge in [0.25, 0.3) is 10.0 Å². The Morgan fingerprint density at radius 2 is 2.21 bits per heavy atom. The van der Waals surface area contributed by atoms with Crippen molar-refractivity contribution < 1.29 is 17.6 Å². The van der Waals surface area contributed by atoms with Gasteiger partial charge in [0.2, 0.25) is 0 Å². The second kappa shape index (κ2) is 4.94. The molecule has 102 valence electrons. The number of carbonyl (C=O) groups excluding carboxylic acids is 1. The van der Waals surface area contributed by atoms with Crippen molar-refractivity contribution in [3.05, 3.63) is 30.1 Å². The molecule has 0 saturated carbocycles. The van der Waals surface area contributed by atoms with Crippen LogP contribution in [0.3, 0.4) is 0 Å². The highest BCUT2D eigenvalue weighted by atomic mass is 32.2. The Balaban J connectivity index is 2.22. The maximum Gasteiger partial charge on any atom is 0.353 e. The van der Waals surface area contributed by atoms with Gasteiger partial charge in [-0.3, -0.25) is 0 Å². The summed E-state index contributed by atoms with van der Waals surface area (Å²) in [6, 6.07) is 3.79. The minimum Gasteiger partial charge on any atom is -0.245 e. The van der Waals surface area contributed by atoms with Gasteiger partial charge >= 0.3 is 6.03 Å². The smallest absolute Gasteiger partial charge is 0.245 e. The van der Waals surface area contributed by atoms with E-state index < -0.39 is 21.9 Å². The standard InChI is InChI=1S/C10H11FN4O3S/c1-7-6-15(10(16)13-12-7)14-19(17,18)9-4-2-3-8(11)5-9/h2-5,14H,6H2,1H3,(H,13,16). The molecule has 1 aromatic carbocycles. The van der Waals surface area contributed by atoms with Crippen LogP contribution in [0.15, 0.2) is 34.3 Å². The molecule has 0 aromatic heterocycles. The largest absolute Gasteiger partial charge is 0.353 e. The maximum absolute atomic E-state index is 13.0. The molecular formula is C10H11FN4O3S. The number of nitrogens with one attached hydrogen (secondary N) is 2. The van der Waals surface area contributed by atoms with E-state index in [2.05, 4.69) is 15.4 Å². The van der Waals surface area contributed by atoms with Crippen LogP contribution in [0.1, 0.15) is 6.92 Å². The number of nitrogens with zero attached hydrogens (tertiary/aromatic N) is 2. The van der Waals surface area contributed by atoms with E-state index in [4.69, 9.17) is 0 Å². The first kappa shape index (κ1) is 13.4. The Morgan fingerprint density at radius 1 is 1.47 bits per heavy atom. The summed E-state index contributed by atoms with van der Waals surface area (Å²) in [6.07, 6.45) is 0. The number of urea groups is 1. The lowest BCUT2D eigenvalue weighted by Gasteiger charge is -2.25. The minimum atomic E-state index is -4.02. The molecule has 2 amide bonds. The van der Waals surface area contributed by atoms with Crippen molar-refractivity contribution in [2.45, 2.75) is 11.8 Å². The third-order valence-electron chi connectivity index (χ3n) is 2.31. The normalized spacial score (nSPS) is 16.0. The topological polar surface area (TPSA) is 90.9 Å². The first-order valence-corrected chi connectivity index (χ1v) is 6.75. The number of hydrazone groups is 1. The summed E-state index contributed by atoms with van der Waals surface area (Å²) in [6.45, 7) is 1.64. The molecule has 0 radical (unpaired) electrons. The zero-order valence-corrected chi connectivity index (χ0v) is 10.7. The average Bonchev–Trinajstić information content (AvgIpc) is 2.33. The quantitative estimate of drug-likeness (QED) is 0.843. The number of amides is 2. The second-order valence-electron chi connectivity index (χ2n) is 3.90. The lowest BCUT2D eigenvalue weighted by atomic mass is 10.4. The van der Waals surface area contributed by atoms with Gasteiger partial charge in [-0.25, -0.2) is 28.0 Å². The monoisotopic (exact) mass is 286 g/mol. The van der Waals surface area contributed by atoms with E-state index in [1.807, 2.05) is 0 Å². The van der Waals surface area contributed by atoms with Crippen molar-refractivity contribution >= 4 is 21.8 Å². The Labute approximate surface area is 109 Å². The fourth-order valence-electron chi connectivity index (χ4n) is 1.45. The molecule has 0 fully saturated rings. The fraction of sp³-hybridized carbons (Fsp3) is 0.200. The van der Waals surface area contributed by atoms with Crippen molar-refractivity contribution in [2.75, 3.05) is 6.54 Å². The summed E-state index contributed by atoms with van der Waals surface area (Å²) < 4.78 is 36.9. The molecule has 1 aromatic rings. The zero-order chi connectivity index (χ0) is 14.0. The molecule has 0 saturated heterocycles. The Kier molecular flexibility index (Phi) is 3.49. The molecule has 1 heterocycles. The molecule has 7 nitrogen and oxygen atoms in total. The summed E-state index contributed by atoms with van der Waals surface area (Å²) in [4.78, 5) is 13.2. The maximum atomic E-state index is 13.0. The van der Waals surface area contributed by atoms with Crippen LogP contribution in [0.25, 0.3) is 0 Å². The number of halogens is 1. The van der Waals surface area contributed by atoms with Crippen LogP contribution >= 0.6 is 0 Å². The molecule has 0 aliphatic carbocycles. The number of hydrogen-bond donors (Lipinski definition) is 2. The van der Waals surface area contributed by atoms with Crippen LogP contribution in [-0.2, 0) is 10.0 Å². The number of hydrazine groups is 1. The van der Waals surface area contributed by atoms with Gasteiger partial charge in [-0.05, 0) is 25.1 Å². The summed E-state index contributed by atoms with van der Waals surface area (Å²) in [5.74, 6) is -0.677. The van der Waals surface area contributed by atoms with Crippen LogP contribution in [0.4, 0.5) is 9.18 Å². The lowest BCUT2D eigenvalue weighted by molar-refractivity contribution is 0.193. The van der Waals surface area contributed by atoms with Crippen molar-refractivity contribution in [2.24, 2.45) is 5.10 Å². The molecule has 1 aliphatic rings. The van der Waals surface area contributed by atoms with E-state index >= 15 is 0 Å². The molecule has 1 aliphatic heterocycles. The molecule has 0 bridgehead atoms. The second-order valence-corrected chi connectivity index (χ2v) is 5.56. The van der Waals surface area contributed by atoms with Crippen molar-refractivity contribution in [3.63, 3.8) is 0 Å². The first-order valence-electron chi connectivity index (χ1n) is 5.27. The highest BCUT2D eigenvalue weighted by Gasteiger charge is 2.25. The predicted molar refractivity (Wildman–Crippen MR) is 65.1 cm³/mol. The number of sulfonamides is 1. The first-order chi connectivity index (χ1) is 8.88. The van der Waals surface area contributed by atoms with Crippen molar-refractivity contribution in [1.29, 1.82) is 0 Å². The van der Waals surface area contributed by atoms with Crippen LogP contribution < -0.4 is 10.3 Å². The molecular weight excluding hydrogens is 275 g/mol. The van der Waals surface area contributed by atoms with Gasteiger partial charge in [0.1, 0.15) is 5.82 Å². The molecule has 19 heavy (non-hydrogen) atoms. The van der Waals surface area contributed by atoms with Crippen LogP contribution in [-0.4, -0.2) is 31.7 Å². The summed E-state index contributed by atoms with van der Waals surface area (Å²) in [7, 11) is -4.02. The predicted octanol–water partition coefficient (Wildman–Crippen LogP) is 0.420. The third kappa shape index (κ3) is 3.06. The number of benzene rings is 1. The molecule has 2 rings (SSSR count). The highest BCUT2D eigenvalue weighted by molar-refractivity contribution is 7.89. The molecule has 2 N–H and O–H groups in total. The molecule has 9 heteroatoms. The van der Waals surface area contributed by atoms with Gasteiger partial charge in [-0.2, -0.15) is 5.10 Å². The van der Waals surface area contributed by atoms with Gasteiger partial charge in [-0.1, -0.05) is 6.07 Å². The third-order valence-corrected chi connectivity index (χ3v) is 3.65. The van der Waals surface area contributed by atoms with Gasteiger partial charge in [0.05, 0.1) is 17.2 Å². The fourth-order valence-corrected chi connectivity index (χ4v) is 2.51. The Morgan fingerprint density at radius 3 is 2.89 bits per heavy atom. The average molecular weight is 286 g/mol.